The van der Waals surface area contributed by atoms with Gasteiger partial charge in [-0.3, -0.25) is 14.9 Å². The Labute approximate surface area is 234 Å². The molecule has 0 atom stereocenters. The van der Waals surface area contributed by atoms with Crippen molar-refractivity contribution >= 4 is 64.4 Å². The van der Waals surface area contributed by atoms with Gasteiger partial charge in [-0.05, 0) is 79.4 Å². The van der Waals surface area contributed by atoms with Crippen molar-refractivity contribution in [2.24, 2.45) is 0 Å². The van der Waals surface area contributed by atoms with Crippen LogP contribution in [0.3, 0.4) is 0 Å². The van der Waals surface area contributed by atoms with E-state index in [1.54, 1.807) is 56.3 Å². The van der Waals surface area contributed by atoms with Crippen LogP contribution in [-0.2, 0) is 16.2 Å². The fourth-order valence-corrected chi connectivity index (χ4v) is 4.47. The van der Waals surface area contributed by atoms with E-state index >= 15 is 0 Å². The number of aryl methyl sites for hydroxylation is 1. The second-order valence-electron chi connectivity index (χ2n) is 8.48. The predicted octanol–water partition coefficient (Wildman–Crippen LogP) is 6.91. The van der Waals surface area contributed by atoms with E-state index in [1.807, 2.05) is 13.0 Å². The highest BCUT2D eigenvalue weighted by Crippen LogP contribution is 2.38. The summed E-state index contributed by atoms with van der Waals surface area (Å²) in [6.45, 7) is 5.93. The van der Waals surface area contributed by atoms with Gasteiger partial charge >= 0.3 is 6.03 Å². The summed E-state index contributed by atoms with van der Waals surface area (Å²) in [5, 5.41) is 3.27. The number of carbonyl (C=O) groups excluding carboxylic acids is 3. The number of benzene rings is 3. The van der Waals surface area contributed by atoms with Crippen molar-refractivity contribution in [3.05, 3.63) is 91.4 Å². The van der Waals surface area contributed by atoms with Crippen molar-refractivity contribution in [2.45, 2.75) is 27.4 Å². The molecule has 0 radical (unpaired) electrons. The van der Waals surface area contributed by atoms with E-state index in [-0.39, 0.29) is 23.0 Å². The van der Waals surface area contributed by atoms with Crippen LogP contribution in [0.4, 0.5) is 10.5 Å². The highest BCUT2D eigenvalue weighted by molar-refractivity contribution is 6.42. The normalized spacial score (nSPS) is 14.6. The Morgan fingerprint density at radius 1 is 0.921 bits per heavy atom. The van der Waals surface area contributed by atoms with Gasteiger partial charge < -0.3 is 9.47 Å². The zero-order valence-electron chi connectivity index (χ0n) is 20.7. The molecule has 0 unspecified atom stereocenters. The summed E-state index contributed by atoms with van der Waals surface area (Å²) in [5.41, 5.74) is 2.99. The van der Waals surface area contributed by atoms with Crippen molar-refractivity contribution in [3.8, 4) is 11.5 Å². The number of carbonyl (C=O) groups is 3. The van der Waals surface area contributed by atoms with E-state index < -0.39 is 17.8 Å². The number of imide groups is 2. The molecule has 0 saturated carbocycles. The number of nitrogens with one attached hydrogen (secondary N) is 1. The Bertz CT molecular complexity index is 1490. The number of nitrogens with zero attached hydrogens (tertiary/aromatic N) is 1. The SMILES string of the molecule is CCOc1cc(/C=C2\C(=O)NC(=O)N(c3cccc(C)c3C)C2=O)cc(Cl)c1OCc1ccc(Cl)c(Cl)c1. The van der Waals surface area contributed by atoms with Crippen LogP contribution in [0.5, 0.6) is 11.5 Å². The van der Waals surface area contributed by atoms with E-state index in [9.17, 15) is 14.4 Å². The van der Waals surface area contributed by atoms with Gasteiger partial charge in [0.2, 0.25) is 0 Å². The lowest BCUT2D eigenvalue weighted by Gasteiger charge is -2.28. The molecule has 3 aromatic rings. The van der Waals surface area contributed by atoms with E-state index in [4.69, 9.17) is 44.3 Å². The van der Waals surface area contributed by atoms with Crippen molar-refractivity contribution in [1.29, 1.82) is 0 Å². The Morgan fingerprint density at radius 3 is 2.39 bits per heavy atom. The first kappa shape index (κ1) is 27.5. The van der Waals surface area contributed by atoms with Gasteiger partial charge in [0.1, 0.15) is 12.2 Å². The molecule has 196 valence electrons. The van der Waals surface area contributed by atoms with Crippen LogP contribution in [0.2, 0.25) is 15.1 Å². The summed E-state index contributed by atoms with van der Waals surface area (Å²) in [5.74, 6) is -0.955. The first-order chi connectivity index (χ1) is 18.1. The number of urea groups is 1. The fraction of sp³-hybridized carbons (Fsp3) is 0.179. The quantitative estimate of drug-likeness (QED) is 0.245. The van der Waals surface area contributed by atoms with Crippen LogP contribution in [0.1, 0.15) is 29.2 Å². The maximum Gasteiger partial charge on any atom is 0.335 e. The number of anilines is 1. The Balaban J connectivity index is 1.67. The van der Waals surface area contributed by atoms with Crippen molar-refractivity contribution in [2.75, 3.05) is 11.5 Å². The first-order valence-corrected chi connectivity index (χ1v) is 12.7. The molecule has 4 amide bonds. The lowest BCUT2D eigenvalue weighted by molar-refractivity contribution is -0.122. The second kappa shape index (κ2) is 11.5. The van der Waals surface area contributed by atoms with Gasteiger partial charge in [0.05, 0.1) is 27.4 Å². The molecule has 1 aliphatic rings. The number of rotatable bonds is 7. The molecular weight excluding hydrogens is 551 g/mol. The summed E-state index contributed by atoms with van der Waals surface area (Å²) in [6, 6.07) is 12.7. The van der Waals surface area contributed by atoms with E-state index in [2.05, 4.69) is 5.32 Å². The monoisotopic (exact) mass is 572 g/mol. The van der Waals surface area contributed by atoms with Gasteiger partial charge in [0.15, 0.2) is 11.5 Å². The minimum atomic E-state index is -0.815. The van der Waals surface area contributed by atoms with Gasteiger partial charge in [-0.1, -0.05) is 53.0 Å². The van der Waals surface area contributed by atoms with E-state index in [0.717, 1.165) is 21.6 Å². The van der Waals surface area contributed by atoms with Crippen LogP contribution in [-0.4, -0.2) is 24.5 Å². The molecule has 0 aliphatic carbocycles. The van der Waals surface area contributed by atoms with Gasteiger partial charge in [-0.15, -0.1) is 0 Å². The minimum absolute atomic E-state index is 0.144. The summed E-state index contributed by atoms with van der Waals surface area (Å²) in [6.07, 6.45) is 1.36. The first-order valence-electron chi connectivity index (χ1n) is 11.6. The van der Waals surface area contributed by atoms with E-state index in [0.29, 0.717) is 33.7 Å². The zero-order valence-corrected chi connectivity index (χ0v) is 23.0. The van der Waals surface area contributed by atoms with Gasteiger partial charge in [-0.2, -0.15) is 0 Å². The number of hydrogen-bond donors (Lipinski definition) is 1. The lowest BCUT2D eigenvalue weighted by Crippen LogP contribution is -2.54. The molecule has 1 aliphatic heterocycles. The van der Waals surface area contributed by atoms with Crippen molar-refractivity contribution in [3.63, 3.8) is 0 Å². The Hall–Kier alpha value is -3.52. The summed E-state index contributed by atoms with van der Waals surface area (Å²) >= 11 is 18.6. The van der Waals surface area contributed by atoms with Gasteiger partial charge in [0.25, 0.3) is 11.8 Å². The van der Waals surface area contributed by atoms with Gasteiger partial charge in [-0.25, -0.2) is 9.69 Å². The molecule has 4 rings (SSSR count). The number of hydrogen-bond acceptors (Lipinski definition) is 5. The molecule has 1 heterocycles. The van der Waals surface area contributed by atoms with E-state index in [1.165, 1.54) is 6.08 Å². The number of barbiturate groups is 1. The standard InChI is InChI=1S/C28H23Cl3N2O5/c1-4-37-24-13-18(12-22(31)25(24)38-14-17-8-9-20(29)21(30)11-17)10-19-26(34)32-28(36)33(27(19)35)23-7-5-6-15(2)16(23)3/h5-13H,4,14H2,1-3H3,(H,32,34,36)/b19-10+. The summed E-state index contributed by atoms with van der Waals surface area (Å²) < 4.78 is 11.7. The maximum absolute atomic E-state index is 13.4. The topological polar surface area (TPSA) is 84.9 Å². The highest BCUT2D eigenvalue weighted by atomic mass is 35.5. The molecule has 1 fully saturated rings. The van der Waals surface area contributed by atoms with Crippen LogP contribution >= 0.6 is 34.8 Å². The van der Waals surface area contributed by atoms with Crippen molar-refractivity contribution < 1.29 is 23.9 Å². The third-order valence-electron chi connectivity index (χ3n) is 5.93. The zero-order chi connectivity index (χ0) is 27.6. The smallest absolute Gasteiger partial charge is 0.335 e. The third-order valence-corrected chi connectivity index (χ3v) is 6.95. The largest absolute Gasteiger partial charge is 0.490 e. The van der Waals surface area contributed by atoms with Crippen molar-refractivity contribution in [1.82, 2.24) is 5.32 Å². The van der Waals surface area contributed by atoms with Crippen LogP contribution in [0, 0.1) is 13.8 Å². The van der Waals surface area contributed by atoms with Crippen LogP contribution in [0.25, 0.3) is 6.08 Å². The average molecular weight is 574 g/mol. The average Bonchev–Trinajstić information content (AvgIpc) is 2.86. The number of halogens is 3. The molecule has 7 nitrogen and oxygen atoms in total. The summed E-state index contributed by atoms with van der Waals surface area (Å²) in [4.78, 5) is 39.6. The van der Waals surface area contributed by atoms with Crippen LogP contribution in [0.15, 0.2) is 54.1 Å². The maximum atomic E-state index is 13.4. The van der Waals surface area contributed by atoms with Crippen LogP contribution < -0.4 is 19.7 Å². The molecule has 1 N–H and O–H groups in total. The molecule has 1 saturated heterocycles. The molecule has 3 aromatic carbocycles. The highest BCUT2D eigenvalue weighted by Gasteiger charge is 2.37. The predicted molar refractivity (Wildman–Crippen MR) is 148 cm³/mol. The molecular formula is C28H23Cl3N2O5. The molecule has 38 heavy (non-hydrogen) atoms. The molecule has 0 spiro atoms. The molecule has 10 heteroatoms. The minimum Gasteiger partial charge on any atom is -0.490 e. The third kappa shape index (κ3) is 5.65. The Morgan fingerprint density at radius 2 is 1.68 bits per heavy atom. The second-order valence-corrected chi connectivity index (χ2v) is 9.70. The summed E-state index contributed by atoms with van der Waals surface area (Å²) in [7, 11) is 0. The lowest BCUT2D eigenvalue weighted by atomic mass is 10.0. The van der Waals surface area contributed by atoms with Gasteiger partial charge in [0, 0.05) is 0 Å². The number of amides is 4. The Kier molecular flexibility index (Phi) is 8.31. The fourth-order valence-electron chi connectivity index (χ4n) is 3.88. The molecule has 0 aromatic heterocycles. The number of ether oxygens (including phenoxy) is 2. The molecule has 0 bridgehead atoms.